The first kappa shape index (κ1) is 24.3. The summed E-state index contributed by atoms with van der Waals surface area (Å²) in [4.78, 5) is 0. The molecule has 0 aromatic heterocycles. The Morgan fingerprint density at radius 3 is 2.19 bits per heavy atom. The van der Waals surface area contributed by atoms with Crippen LogP contribution in [0.2, 0.25) is 0 Å². The molecule has 0 fully saturated rings. The van der Waals surface area contributed by atoms with Crippen molar-refractivity contribution in [2.75, 3.05) is 6.61 Å². The number of aliphatic hydroxyl groups excluding tert-OH is 1. The zero-order valence-electron chi connectivity index (χ0n) is 17.7. The van der Waals surface area contributed by atoms with Crippen LogP contribution in [0.3, 0.4) is 0 Å². The van der Waals surface area contributed by atoms with Gasteiger partial charge in [0.2, 0.25) is 0 Å². The number of benzene rings is 3. The average molecular weight is 528 g/mol. The molecule has 0 radical (unpaired) electrons. The predicted octanol–water partition coefficient (Wildman–Crippen LogP) is -0.0296. The molecule has 5 rings (SSSR count). The molecule has 2 unspecified atom stereocenters. The third-order valence-corrected chi connectivity index (χ3v) is 9.76. The third-order valence-electron chi connectivity index (χ3n) is 6.15. The largest absolute Gasteiger partial charge is 1.00 e. The maximum atomic E-state index is 9.74. The Morgan fingerprint density at radius 2 is 1.45 bits per heavy atom. The van der Waals surface area contributed by atoms with Gasteiger partial charge < -0.3 is 24.8 Å². The normalized spacial score (nSPS) is 17.3. The molecule has 157 valence electrons. The number of fused-ring (bicyclic) bond motifs is 4. The monoisotopic (exact) mass is 525 g/mol. The molecule has 4 heteroatoms. The van der Waals surface area contributed by atoms with Crippen LogP contribution in [0.15, 0.2) is 72.3 Å². The fraction of sp³-hybridized carbons (Fsp3) is 0.222. The van der Waals surface area contributed by atoms with E-state index in [9.17, 15) is 5.11 Å². The molecule has 0 aliphatic heterocycles. The first-order chi connectivity index (χ1) is 14.2. The number of aliphatic hydroxyl groups is 1. The van der Waals surface area contributed by atoms with E-state index in [0.717, 1.165) is 6.42 Å². The molecule has 0 heterocycles. The zero-order chi connectivity index (χ0) is 20.0. The van der Waals surface area contributed by atoms with Gasteiger partial charge in [-0.3, -0.25) is 0 Å². The summed E-state index contributed by atoms with van der Waals surface area (Å²) in [7, 11) is 0. The minimum atomic E-state index is -0.730. The van der Waals surface area contributed by atoms with Crippen molar-refractivity contribution in [2.45, 2.75) is 29.8 Å². The number of rotatable bonds is 4. The van der Waals surface area contributed by atoms with E-state index >= 15 is 0 Å². The molecule has 0 saturated carbocycles. The summed E-state index contributed by atoms with van der Waals surface area (Å²) in [6, 6.07) is 24.7. The van der Waals surface area contributed by atoms with Crippen LogP contribution < -0.4 is 24.8 Å². The first-order valence-corrected chi connectivity index (χ1v) is 13.0. The number of hydrogen-bond acceptors (Lipinski definition) is 1. The summed E-state index contributed by atoms with van der Waals surface area (Å²) in [6.07, 6.45) is 3.05. The van der Waals surface area contributed by atoms with Gasteiger partial charge in [-0.15, -0.1) is 0 Å². The number of halogens is 2. The van der Waals surface area contributed by atoms with Crippen LogP contribution in [-0.2, 0) is 22.8 Å². The summed E-state index contributed by atoms with van der Waals surface area (Å²) in [5.41, 5.74) is 11.4. The smallest absolute Gasteiger partial charge is 1.00 e. The van der Waals surface area contributed by atoms with E-state index in [1.165, 1.54) is 39.0 Å². The van der Waals surface area contributed by atoms with E-state index in [-0.39, 0.29) is 37.3 Å². The summed E-state index contributed by atoms with van der Waals surface area (Å²) in [5.74, 6) is 0.265. The van der Waals surface area contributed by atoms with Gasteiger partial charge in [-0.05, 0) is 0 Å². The van der Waals surface area contributed by atoms with Crippen molar-refractivity contribution in [2.24, 2.45) is 0 Å². The van der Waals surface area contributed by atoms with Gasteiger partial charge in [-0.2, -0.15) is 0 Å². The quantitative estimate of drug-likeness (QED) is 0.506. The molecular formula is C27H25Cl2OZr. The van der Waals surface area contributed by atoms with Crippen molar-refractivity contribution in [3.63, 3.8) is 0 Å². The second-order valence-corrected chi connectivity index (χ2v) is 12.8. The van der Waals surface area contributed by atoms with Gasteiger partial charge >= 0.3 is 185 Å². The summed E-state index contributed by atoms with van der Waals surface area (Å²) >= 11 is -0.730. The molecule has 3 aromatic carbocycles. The van der Waals surface area contributed by atoms with Crippen LogP contribution in [0.4, 0.5) is 0 Å². The number of hydrogen-bond donors (Lipinski definition) is 1. The van der Waals surface area contributed by atoms with Crippen molar-refractivity contribution >= 4 is 9.28 Å². The van der Waals surface area contributed by atoms with Crippen molar-refractivity contribution in [1.82, 2.24) is 0 Å². The average Bonchev–Trinajstić information content (AvgIpc) is 3.24. The Bertz CT molecular complexity index is 1160. The van der Waals surface area contributed by atoms with E-state index in [0.29, 0.717) is 3.63 Å². The van der Waals surface area contributed by atoms with E-state index < -0.39 is 22.8 Å². The standard InChI is InChI=1S/C24H19O.C3H6.2ClH.Zr/c25-13-12-18-14-16-6-2-4-9-20(16)24(18)22-11-5-10-21-19-8-3-1-7-17(19)15-23(21)22;1-3-2;;;/h1-11,14-15,24-25H,12-13H2;1-2H3;2*1H;/q;;;;+2/p-2. The van der Waals surface area contributed by atoms with Crippen LogP contribution in [0, 0.1) is 0 Å². The van der Waals surface area contributed by atoms with E-state index in [4.69, 9.17) is 0 Å². The zero-order valence-corrected chi connectivity index (χ0v) is 21.7. The third kappa shape index (κ3) is 4.21. The van der Waals surface area contributed by atoms with Crippen LogP contribution in [0.5, 0.6) is 0 Å². The van der Waals surface area contributed by atoms with Gasteiger partial charge in [-0.25, -0.2) is 0 Å². The topological polar surface area (TPSA) is 20.2 Å². The summed E-state index contributed by atoms with van der Waals surface area (Å²) in [5, 5.41) is 9.74. The second kappa shape index (κ2) is 10.1. The van der Waals surface area contributed by atoms with Gasteiger partial charge in [-0.1, -0.05) is 0 Å². The molecule has 3 aromatic rings. The van der Waals surface area contributed by atoms with Crippen molar-refractivity contribution in [3.05, 3.63) is 100 Å². The minimum Gasteiger partial charge on any atom is -1.00 e. The molecular weight excluding hydrogens is 502 g/mol. The van der Waals surface area contributed by atoms with Crippen LogP contribution in [-0.4, -0.2) is 14.9 Å². The Morgan fingerprint density at radius 1 is 0.806 bits per heavy atom. The SMILES string of the molecule is C[C](C)=[Zr+2][CH]1c2ccccc2-c2cccc(C3C(CCO)=Cc4ccccc43)c21.[Cl-].[Cl-]. The maximum absolute atomic E-state index is 9.74. The van der Waals surface area contributed by atoms with Gasteiger partial charge in [0.1, 0.15) is 0 Å². The van der Waals surface area contributed by atoms with Crippen LogP contribution >= 0.6 is 0 Å². The Labute approximate surface area is 208 Å². The molecule has 1 nitrogen and oxygen atoms in total. The van der Waals surface area contributed by atoms with Crippen LogP contribution in [0.1, 0.15) is 57.6 Å². The molecule has 0 spiro atoms. The summed E-state index contributed by atoms with van der Waals surface area (Å²) in [6.45, 7) is 4.84. The fourth-order valence-corrected chi connectivity index (χ4v) is 8.65. The molecule has 2 atom stereocenters. The molecule has 31 heavy (non-hydrogen) atoms. The molecule has 0 saturated heterocycles. The molecule has 0 bridgehead atoms. The van der Waals surface area contributed by atoms with Gasteiger partial charge in [0, 0.05) is 0 Å². The molecule has 0 amide bonds. The first-order valence-electron chi connectivity index (χ1n) is 10.4. The Balaban J connectivity index is 0.00000136. The van der Waals surface area contributed by atoms with Crippen LogP contribution in [0.25, 0.3) is 17.2 Å². The molecule has 1 N–H and O–H groups in total. The van der Waals surface area contributed by atoms with Crippen molar-refractivity contribution in [3.8, 4) is 11.1 Å². The Kier molecular flexibility index (Phi) is 7.92. The molecule has 2 aliphatic rings. The van der Waals surface area contributed by atoms with Gasteiger partial charge in [0.25, 0.3) is 0 Å². The Hall–Kier alpha value is -1.31. The minimum absolute atomic E-state index is 0. The van der Waals surface area contributed by atoms with Gasteiger partial charge in [0.05, 0.1) is 0 Å². The fourth-order valence-electron chi connectivity index (χ4n) is 5.08. The van der Waals surface area contributed by atoms with Gasteiger partial charge in [0.15, 0.2) is 0 Å². The van der Waals surface area contributed by atoms with E-state index in [1.807, 2.05) is 0 Å². The summed E-state index contributed by atoms with van der Waals surface area (Å²) < 4.78 is 2.21. The van der Waals surface area contributed by atoms with E-state index in [2.05, 4.69) is 86.7 Å². The van der Waals surface area contributed by atoms with E-state index in [1.54, 1.807) is 8.77 Å². The second-order valence-electron chi connectivity index (χ2n) is 8.23. The molecule has 2 aliphatic carbocycles. The maximum Gasteiger partial charge on any atom is -1.00 e. The van der Waals surface area contributed by atoms with Crippen molar-refractivity contribution < 1.29 is 52.7 Å². The predicted molar refractivity (Wildman–Crippen MR) is 118 cm³/mol. The van der Waals surface area contributed by atoms with Crippen molar-refractivity contribution in [1.29, 1.82) is 0 Å².